The number of carboxylic acids is 1. The molecule has 1 heterocycles. The minimum Gasteiger partial charge on any atom is -0.481 e. The van der Waals surface area contributed by atoms with Gasteiger partial charge in [-0.1, -0.05) is 0 Å². The number of carboxylic acid groups (broad SMARTS) is 1. The number of piperidine rings is 1. The third kappa shape index (κ3) is 5.09. The highest BCUT2D eigenvalue weighted by atomic mass is 19.4. The minimum atomic E-state index is -4.21. The topological polar surface area (TPSA) is 60.9 Å². The smallest absolute Gasteiger partial charge is 0.391 e. The number of nitrogens with zero attached hydrogens (tertiary/aromatic N) is 2. The number of alkyl halides is 3. The first-order chi connectivity index (χ1) is 9.62. The van der Waals surface area contributed by atoms with E-state index in [4.69, 9.17) is 5.11 Å². The van der Waals surface area contributed by atoms with Gasteiger partial charge in [0.25, 0.3) is 0 Å². The molecule has 0 saturated carbocycles. The number of urea groups is 1. The molecule has 122 valence electrons. The Hall–Kier alpha value is -1.47. The Balaban J connectivity index is 2.59. The van der Waals surface area contributed by atoms with Crippen LogP contribution in [0.5, 0.6) is 0 Å². The van der Waals surface area contributed by atoms with Crippen molar-refractivity contribution in [1.29, 1.82) is 0 Å². The fourth-order valence-corrected chi connectivity index (χ4v) is 2.37. The van der Waals surface area contributed by atoms with E-state index in [1.165, 1.54) is 9.80 Å². The second-order valence-electron chi connectivity index (χ2n) is 5.52. The molecular weight excluding hydrogens is 289 g/mol. The van der Waals surface area contributed by atoms with Crippen molar-refractivity contribution in [2.24, 2.45) is 5.92 Å². The number of carbonyl (C=O) groups is 2. The van der Waals surface area contributed by atoms with Gasteiger partial charge in [0, 0.05) is 25.7 Å². The summed E-state index contributed by atoms with van der Waals surface area (Å²) in [6.45, 7) is 3.67. The zero-order valence-corrected chi connectivity index (χ0v) is 12.2. The van der Waals surface area contributed by atoms with Crippen LogP contribution >= 0.6 is 0 Å². The van der Waals surface area contributed by atoms with Gasteiger partial charge in [-0.15, -0.1) is 0 Å². The predicted octanol–water partition coefficient (Wildman–Crippen LogP) is 2.57. The third-order valence-corrected chi connectivity index (χ3v) is 3.66. The van der Waals surface area contributed by atoms with Gasteiger partial charge in [-0.05, 0) is 26.7 Å². The van der Waals surface area contributed by atoms with Gasteiger partial charge in [0.15, 0.2) is 0 Å². The molecule has 1 aliphatic rings. The largest absolute Gasteiger partial charge is 0.481 e. The van der Waals surface area contributed by atoms with Crippen LogP contribution in [0.1, 0.15) is 33.1 Å². The molecule has 1 saturated heterocycles. The van der Waals surface area contributed by atoms with Gasteiger partial charge in [-0.3, -0.25) is 4.79 Å². The minimum absolute atomic E-state index is 0.0549. The maximum atomic E-state index is 12.6. The maximum Gasteiger partial charge on any atom is 0.391 e. The van der Waals surface area contributed by atoms with Crippen LogP contribution in [0.15, 0.2) is 0 Å². The van der Waals surface area contributed by atoms with E-state index in [2.05, 4.69) is 0 Å². The molecule has 0 aromatic heterocycles. The van der Waals surface area contributed by atoms with Crippen molar-refractivity contribution >= 4 is 12.0 Å². The number of carbonyl (C=O) groups excluding carboxylic acids is 1. The van der Waals surface area contributed by atoms with E-state index in [0.717, 1.165) is 0 Å². The Bertz CT molecular complexity index is 377. The van der Waals surface area contributed by atoms with Crippen LogP contribution in [-0.4, -0.2) is 58.8 Å². The zero-order chi connectivity index (χ0) is 16.2. The average molecular weight is 310 g/mol. The molecule has 0 atom stereocenters. The lowest BCUT2D eigenvalue weighted by Gasteiger charge is -2.37. The van der Waals surface area contributed by atoms with E-state index in [1.807, 2.05) is 0 Å². The molecule has 21 heavy (non-hydrogen) atoms. The lowest BCUT2D eigenvalue weighted by atomic mass is 9.96. The molecule has 0 aliphatic carbocycles. The molecule has 1 N–H and O–H groups in total. The number of rotatable bonds is 4. The summed E-state index contributed by atoms with van der Waals surface area (Å²) >= 11 is 0. The third-order valence-electron chi connectivity index (χ3n) is 3.66. The lowest BCUT2D eigenvalue weighted by Crippen LogP contribution is -2.50. The molecule has 1 fully saturated rings. The van der Waals surface area contributed by atoms with Crippen LogP contribution < -0.4 is 0 Å². The van der Waals surface area contributed by atoms with Gasteiger partial charge in [0.2, 0.25) is 0 Å². The molecule has 0 aromatic rings. The SMILES string of the molecule is CC(C)N(CCC(=O)O)C(=O)N1CCC(C(F)(F)F)CC1. The van der Waals surface area contributed by atoms with E-state index in [-0.39, 0.29) is 51.0 Å². The standard InChI is InChI=1S/C13H21F3N2O3/c1-9(2)18(8-5-11(19)20)12(21)17-6-3-10(4-7-17)13(14,15)16/h9-10H,3-8H2,1-2H3,(H,19,20). The van der Waals surface area contributed by atoms with Crippen molar-refractivity contribution in [2.45, 2.75) is 45.3 Å². The summed E-state index contributed by atoms with van der Waals surface area (Å²) in [6.07, 6.45) is -4.58. The summed E-state index contributed by atoms with van der Waals surface area (Å²) in [5, 5.41) is 8.68. The normalized spacial score (nSPS) is 17.1. The van der Waals surface area contributed by atoms with Gasteiger partial charge in [0.1, 0.15) is 0 Å². The number of halogens is 3. The van der Waals surface area contributed by atoms with Crippen molar-refractivity contribution in [3.05, 3.63) is 0 Å². The van der Waals surface area contributed by atoms with Crippen LogP contribution in [-0.2, 0) is 4.79 Å². The molecule has 8 heteroatoms. The monoisotopic (exact) mass is 310 g/mol. The van der Waals surface area contributed by atoms with Crippen LogP contribution in [0.2, 0.25) is 0 Å². The van der Waals surface area contributed by atoms with E-state index >= 15 is 0 Å². The first-order valence-electron chi connectivity index (χ1n) is 6.97. The fraction of sp³-hybridized carbons (Fsp3) is 0.846. The second kappa shape index (κ2) is 7.00. The van der Waals surface area contributed by atoms with Gasteiger partial charge in [0.05, 0.1) is 12.3 Å². The summed E-state index contributed by atoms with van der Waals surface area (Å²) in [7, 11) is 0. The molecule has 1 aliphatic heterocycles. The molecule has 0 bridgehead atoms. The highest BCUT2D eigenvalue weighted by Crippen LogP contribution is 2.34. The number of hydrogen-bond acceptors (Lipinski definition) is 2. The summed E-state index contributed by atoms with van der Waals surface area (Å²) in [6, 6.07) is -0.580. The Kier molecular flexibility index (Phi) is 5.86. The van der Waals surface area contributed by atoms with Crippen molar-refractivity contribution in [3.8, 4) is 0 Å². The van der Waals surface area contributed by atoms with Crippen molar-refractivity contribution in [3.63, 3.8) is 0 Å². The van der Waals surface area contributed by atoms with Crippen molar-refractivity contribution < 1.29 is 27.9 Å². The fourth-order valence-electron chi connectivity index (χ4n) is 2.37. The summed E-state index contributed by atoms with van der Waals surface area (Å²) in [4.78, 5) is 25.7. The Morgan fingerprint density at radius 3 is 2.19 bits per heavy atom. The number of hydrogen-bond donors (Lipinski definition) is 1. The second-order valence-corrected chi connectivity index (χ2v) is 5.52. The Labute approximate surface area is 121 Å². The number of aliphatic carboxylic acids is 1. The highest BCUT2D eigenvalue weighted by molar-refractivity contribution is 5.76. The molecular formula is C13H21F3N2O3. The predicted molar refractivity (Wildman–Crippen MR) is 69.8 cm³/mol. The lowest BCUT2D eigenvalue weighted by molar-refractivity contribution is -0.183. The Morgan fingerprint density at radius 1 is 1.29 bits per heavy atom. The Morgan fingerprint density at radius 2 is 1.81 bits per heavy atom. The van der Waals surface area contributed by atoms with Gasteiger partial charge in [-0.2, -0.15) is 13.2 Å². The quantitative estimate of drug-likeness (QED) is 0.868. The van der Waals surface area contributed by atoms with E-state index in [0.29, 0.717) is 0 Å². The van der Waals surface area contributed by atoms with Crippen LogP contribution in [0.4, 0.5) is 18.0 Å². The van der Waals surface area contributed by atoms with E-state index in [9.17, 15) is 22.8 Å². The average Bonchev–Trinajstić information content (AvgIpc) is 2.37. The van der Waals surface area contributed by atoms with Crippen molar-refractivity contribution in [1.82, 2.24) is 9.80 Å². The number of amides is 2. The van der Waals surface area contributed by atoms with Crippen molar-refractivity contribution in [2.75, 3.05) is 19.6 Å². The summed E-state index contributed by atoms with van der Waals surface area (Å²) < 4.78 is 37.8. The summed E-state index contributed by atoms with van der Waals surface area (Å²) in [5.41, 5.74) is 0. The van der Waals surface area contributed by atoms with Gasteiger partial charge >= 0.3 is 18.2 Å². The van der Waals surface area contributed by atoms with Gasteiger partial charge < -0.3 is 14.9 Å². The molecule has 1 rings (SSSR count). The van der Waals surface area contributed by atoms with Crippen LogP contribution in [0.3, 0.4) is 0 Å². The van der Waals surface area contributed by atoms with Crippen LogP contribution in [0.25, 0.3) is 0 Å². The van der Waals surface area contributed by atoms with E-state index < -0.39 is 18.1 Å². The molecule has 0 unspecified atom stereocenters. The first-order valence-corrected chi connectivity index (χ1v) is 6.97. The summed E-state index contributed by atoms with van der Waals surface area (Å²) in [5.74, 6) is -2.36. The highest BCUT2D eigenvalue weighted by Gasteiger charge is 2.42. The number of likely N-dealkylation sites (tertiary alicyclic amines) is 1. The maximum absolute atomic E-state index is 12.6. The molecule has 2 amide bonds. The molecule has 5 nitrogen and oxygen atoms in total. The zero-order valence-electron chi connectivity index (χ0n) is 12.2. The van der Waals surface area contributed by atoms with E-state index in [1.54, 1.807) is 13.8 Å². The molecule has 0 aromatic carbocycles. The first kappa shape index (κ1) is 17.6. The van der Waals surface area contributed by atoms with Crippen LogP contribution in [0, 0.1) is 5.92 Å². The molecule has 0 spiro atoms. The van der Waals surface area contributed by atoms with Gasteiger partial charge in [-0.25, -0.2) is 4.79 Å². The molecule has 0 radical (unpaired) electrons.